The Morgan fingerprint density at radius 1 is 1.35 bits per heavy atom. The molecule has 2 rings (SSSR count). The molecule has 3 N–H and O–H groups in total. The Morgan fingerprint density at radius 3 is 2.80 bits per heavy atom. The fraction of sp³-hybridized carbons (Fsp3) is 0.214. The largest absolute Gasteiger partial charge is 0.399 e. The number of hydrogen-bond acceptors (Lipinski definition) is 5. The lowest BCUT2D eigenvalue weighted by Gasteiger charge is -2.17. The second-order valence-electron chi connectivity index (χ2n) is 4.55. The number of benzene rings is 1. The van der Waals surface area contributed by atoms with Gasteiger partial charge in [0.2, 0.25) is 0 Å². The molecule has 0 unspecified atom stereocenters. The molecule has 0 spiro atoms. The molecule has 2 aromatic rings. The highest BCUT2D eigenvalue weighted by molar-refractivity contribution is 6.00. The zero-order chi connectivity index (χ0) is 14.5. The van der Waals surface area contributed by atoms with E-state index in [1.54, 1.807) is 24.4 Å². The Kier molecular flexibility index (Phi) is 4.14. The molecule has 1 aromatic heterocycles. The number of aromatic nitrogens is 2. The highest BCUT2D eigenvalue weighted by atomic mass is 16.1. The summed E-state index contributed by atoms with van der Waals surface area (Å²) < 4.78 is 0. The van der Waals surface area contributed by atoms with Crippen molar-refractivity contribution in [1.29, 1.82) is 0 Å². The van der Waals surface area contributed by atoms with Crippen LogP contribution in [0.15, 0.2) is 36.8 Å². The number of hydrogen-bond donors (Lipinski definition) is 2. The van der Waals surface area contributed by atoms with Crippen LogP contribution in [0.2, 0.25) is 0 Å². The lowest BCUT2D eigenvalue weighted by Crippen LogP contribution is -2.26. The molecule has 6 nitrogen and oxygen atoms in total. The monoisotopic (exact) mass is 271 g/mol. The Labute approximate surface area is 117 Å². The molecular weight excluding hydrogens is 254 g/mol. The summed E-state index contributed by atoms with van der Waals surface area (Å²) in [5.74, 6) is -0.181. The van der Waals surface area contributed by atoms with Crippen LogP contribution in [0, 0.1) is 0 Å². The molecule has 1 amide bonds. The van der Waals surface area contributed by atoms with Crippen molar-refractivity contribution >= 4 is 17.3 Å². The smallest absolute Gasteiger partial charge is 0.253 e. The molecule has 0 fully saturated rings. The summed E-state index contributed by atoms with van der Waals surface area (Å²) in [7, 11) is 3.76. The predicted molar refractivity (Wildman–Crippen MR) is 78.4 cm³/mol. The Hall–Kier alpha value is -2.63. The minimum atomic E-state index is -0.181. The van der Waals surface area contributed by atoms with Crippen LogP contribution in [0.3, 0.4) is 0 Å². The molecule has 0 aliphatic rings. The van der Waals surface area contributed by atoms with Crippen molar-refractivity contribution in [2.45, 2.75) is 6.54 Å². The average Bonchev–Trinajstić information content (AvgIpc) is 2.45. The van der Waals surface area contributed by atoms with Gasteiger partial charge < -0.3 is 16.0 Å². The maximum Gasteiger partial charge on any atom is 0.253 e. The maximum absolute atomic E-state index is 12.3. The van der Waals surface area contributed by atoms with E-state index in [0.717, 1.165) is 11.4 Å². The van der Waals surface area contributed by atoms with E-state index >= 15 is 0 Å². The molecule has 0 atom stereocenters. The Morgan fingerprint density at radius 2 is 2.15 bits per heavy atom. The van der Waals surface area contributed by atoms with Crippen molar-refractivity contribution in [1.82, 2.24) is 15.3 Å². The van der Waals surface area contributed by atoms with Gasteiger partial charge in [-0.3, -0.25) is 4.79 Å². The highest BCUT2D eigenvalue weighted by Gasteiger charge is 2.13. The molecule has 0 saturated heterocycles. The zero-order valence-corrected chi connectivity index (χ0v) is 11.5. The van der Waals surface area contributed by atoms with E-state index in [4.69, 9.17) is 5.73 Å². The molecule has 20 heavy (non-hydrogen) atoms. The van der Waals surface area contributed by atoms with Crippen LogP contribution in [0.1, 0.15) is 16.1 Å². The minimum absolute atomic E-state index is 0.181. The Balaban J connectivity index is 2.15. The van der Waals surface area contributed by atoms with Gasteiger partial charge in [0.1, 0.15) is 6.33 Å². The van der Waals surface area contributed by atoms with Gasteiger partial charge >= 0.3 is 0 Å². The van der Waals surface area contributed by atoms with Gasteiger partial charge in [0, 0.05) is 31.7 Å². The number of nitrogen functional groups attached to an aromatic ring is 1. The molecule has 0 bridgehead atoms. The summed E-state index contributed by atoms with van der Waals surface area (Å²) in [4.78, 5) is 22.0. The molecule has 1 aromatic carbocycles. The van der Waals surface area contributed by atoms with E-state index in [-0.39, 0.29) is 5.91 Å². The van der Waals surface area contributed by atoms with Crippen molar-refractivity contribution in [3.8, 4) is 0 Å². The summed E-state index contributed by atoms with van der Waals surface area (Å²) in [6.45, 7) is 0.350. The SMILES string of the molecule is CN(C)c1ccc(N)cc1C(=O)NCc1ccncn1. The second-order valence-corrected chi connectivity index (χ2v) is 4.55. The fourth-order valence-electron chi connectivity index (χ4n) is 1.81. The Bertz CT molecular complexity index is 598. The fourth-order valence-corrected chi connectivity index (χ4v) is 1.81. The van der Waals surface area contributed by atoms with Crippen LogP contribution in [0.5, 0.6) is 0 Å². The number of nitrogens with one attached hydrogen (secondary N) is 1. The van der Waals surface area contributed by atoms with Gasteiger partial charge in [-0.25, -0.2) is 9.97 Å². The number of rotatable bonds is 4. The van der Waals surface area contributed by atoms with Crippen molar-refractivity contribution in [2.75, 3.05) is 24.7 Å². The first kappa shape index (κ1) is 13.8. The van der Waals surface area contributed by atoms with Gasteiger partial charge in [0.05, 0.1) is 17.8 Å². The standard InChI is InChI=1S/C14H17N5O/c1-19(2)13-4-3-10(15)7-12(13)14(20)17-8-11-5-6-16-9-18-11/h3-7,9H,8,15H2,1-2H3,(H,17,20). The number of amides is 1. The second kappa shape index (κ2) is 6.01. The van der Waals surface area contributed by atoms with Crippen LogP contribution < -0.4 is 16.0 Å². The van der Waals surface area contributed by atoms with Gasteiger partial charge in [-0.1, -0.05) is 0 Å². The van der Waals surface area contributed by atoms with Gasteiger partial charge in [0.25, 0.3) is 5.91 Å². The molecular formula is C14H17N5O. The number of carbonyl (C=O) groups excluding carboxylic acids is 1. The minimum Gasteiger partial charge on any atom is -0.399 e. The van der Waals surface area contributed by atoms with Crippen LogP contribution in [0.4, 0.5) is 11.4 Å². The summed E-state index contributed by atoms with van der Waals surface area (Å²) in [5.41, 5.74) is 8.43. The van der Waals surface area contributed by atoms with E-state index in [9.17, 15) is 4.79 Å². The average molecular weight is 271 g/mol. The summed E-state index contributed by atoms with van der Waals surface area (Å²) in [6, 6.07) is 7.03. The predicted octanol–water partition coefficient (Wildman–Crippen LogP) is 1.05. The van der Waals surface area contributed by atoms with E-state index in [2.05, 4.69) is 15.3 Å². The van der Waals surface area contributed by atoms with Gasteiger partial charge in [-0.15, -0.1) is 0 Å². The van der Waals surface area contributed by atoms with Gasteiger partial charge in [0.15, 0.2) is 0 Å². The van der Waals surface area contributed by atoms with Crippen LogP contribution >= 0.6 is 0 Å². The first-order valence-corrected chi connectivity index (χ1v) is 6.18. The summed E-state index contributed by atoms with van der Waals surface area (Å²) >= 11 is 0. The molecule has 0 aliphatic heterocycles. The lowest BCUT2D eigenvalue weighted by molar-refractivity contribution is 0.0951. The number of carbonyl (C=O) groups is 1. The third kappa shape index (κ3) is 3.23. The van der Waals surface area contributed by atoms with Gasteiger partial charge in [-0.2, -0.15) is 0 Å². The first-order valence-electron chi connectivity index (χ1n) is 6.18. The highest BCUT2D eigenvalue weighted by Crippen LogP contribution is 2.21. The van der Waals surface area contributed by atoms with Crippen molar-refractivity contribution in [3.63, 3.8) is 0 Å². The van der Waals surface area contributed by atoms with Gasteiger partial charge in [-0.05, 0) is 24.3 Å². The number of nitrogens with zero attached hydrogens (tertiary/aromatic N) is 3. The molecule has 6 heteroatoms. The van der Waals surface area contributed by atoms with Crippen molar-refractivity contribution < 1.29 is 4.79 Å². The van der Waals surface area contributed by atoms with Crippen LogP contribution in [-0.4, -0.2) is 30.0 Å². The van der Waals surface area contributed by atoms with Crippen LogP contribution in [0.25, 0.3) is 0 Å². The van der Waals surface area contributed by atoms with Crippen molar-refractivity contribution in [2.24, 2.45) is 0 Å². The number of anilines is 2. The normalized spacial score (nSPS) is 10.1. The molecule has 0 saturated carbocycles. The summed E-state index contributed by atoms with van der Waals surface area (Å²) in [5, 5.41) is 2.83. The van der Waals surface area contributed by atoms with E-state index in [0.29, 0.717) is 17.8 Å². The molecule has 0 radical (unpaired) electrons. The summed E-state index contributed by atoms with van der Waals surface area (Å²) in [6.07, 6.45) is 3.09. The third-order valence-corrected chi connectivity index (χ3v) is 2.82. The zero-order valence-electron chi connectivity index (χ0n) is 11.5. The quantitative estimate of drug-likeness (QED) is 0.812. The van der Waals surface area contributed by atoms with E-state index < -0.39 is 0 Å². The number of nitrogens with two attached hydrogens (primary N) is 1. The van der Waals surface area contributed by atoms with Crippen molar-refractivity contribution in [3.05, 3.63) is 48.0 Å². The third-order valence-electron chi connectivity index (χ3n) is 2.82. The molecule has 0 aliphatic carbocycles. The topological polar surface area (TPSA) is 84.1 Å². The molecule has 104 valence electrons. The first-order chi connectivity index (χ1) is 9.58. The maximum atomic E-state index is 12.3. The van der Waals surface area contributed by atoms with Crippen LogP contribution in [-0.2, 0) is 6.54 Å². The van der Waals surface area contributed by atoms with E-state index in [1.807, 2.05) is 25.1 Å². The molecule has 1 heterocycles. The van der Waals surface area contributed by atoms with E-state index in [1.165, 1.54) is 6.33 Å². The lowest BCUT2D eigenvalue weighted by atomic mass is 10.1.